The highest BCUT2D eigenvalue weighted by Crippen LogP contribution is 2.15. The first-order valence-corrected chi connectivity index (χ1v) is 7.65. The van der Waals surface area contributed by atoms with Crippen LogP contribution in [0.25, 0.3) is 0 Å². The SMILES string of the molecule is Cc1ccc(COCCCN2CC(=O)CC2=O)c(CCl)c1. The maximum atomic E-state index is 11.4. The van der Waals surface area contributed by atoms with E-state index in [1.54, 1.807) is 4.90 Å². The number of alkyl halides is 1. The molecule has 0 bridgehead atoms. The van der Waals surface area contributed by atoms with Crippen LogP contribution in [0.15, 0.2) is 18.2 Å². The van der Waals surface area contributed by atoms with Gasteiger partial charge in [0.05, 0.1) is 19.6 Å². The summed E-state index contributed by atoms with van der Waals surface area (Å²) in [5.74, 6) is 0.417. The Kier molecular flexibility index (Phi) is 5.76. The average Bonchev–Trinajstić information content (AvgIpc) is 2.78. The Hall–Kier alpha value is -1.39. The van der Waals surface area contributed by atoms with Crippen LogP contribution in [-0.2, 0) is 26.8 Å². The number of nitrogens with zero attached hydrogens (tertiary/aromatic N) is 1. The van der Waals surface area contributed by atoms with E-state index in [0.29, 0.717) is 25.6 Å². The van der Waals surface area contributed by atoms with Crippen molar-refractivity contribution in [3.63, 3.8) is 0 Å². The third-order valence-electron chi connectivity index (χ3n) is 3.55. The molecule has 1 aliphatic rings. The van der Waals surface area contributed by atoms with Gasteiger partial charge in [-0.05, 0) is 24.5 Å². The highest BCUT2D eigenvalue weighted by molar-refractivity contribution is 6.17. The van der Waals surface area contributed by atoms with Crippen molar-refractivity contribution in [1.82, 2.24) is 4.90 Å². The predicted molar refractivity (Wildman–Crippen MR) is 81.2 cm³/mol. The van der Waals surface area contributed by atoms with Crippen LogP contribution in [0.4, 0.5) is 0 Å². The smallest absolute Gasteiger partial charge is 0.230 e. The first-order valence-electron chi connectivity index (χ1n) is 7.11. The van der Waals surface area contributed by atoms with Crippen LogP contribution in [-0.4, -0.2) is 36.3 Å². The lowest BCUT2D eigenvalue weighted by molar-refractivity contribution is -0.128. The van der Waals surface area contributed by atoms with E-state index in [2.05, 4.69) is 6.07 Å². The largest absolute Gasteiger partial charge is 0.377 e. The van der Waals surface area contributed by atoms with Crippen molar-refractivity contribution in [2.24, 2.45) is 0 Å². The molecule has 1 aromatic carbocycles. The van der Waals surface area contributed by atoms with Gasteiger partial charge >= 0.3 is 0 Å². The van der Waals surface area contributed by atoms with Crippen LogP contribution < -0.4 is 0 Å². The molecule has 2 rings (SSSR count). The summed E-state index contributed by atoms with van der Waals surface area (Å²) in [6, 6.07) is 6.15. The van der Waals surface area contributed by atoms with E-state index >= 15 is 0 Å². The van der Waals surface area contributed by atoms with Crippen LogP contribution in [0, 0.1) is 6.92 Å². The molecular weight excluding hydrogens is 290 g/mol. The van der Waals surface area contributed by atoms with Crippen molar-refractivity contribution in [1.29, 1.82) is 0 Å². The lowest BCUT2D eigenvalue weighted by atomic mass is 10.1. The zero-order valence-electron chi connectivity index (χ0n) is 12.2. The molecule has 0 aliphatic carbocycles. The number of amides is 1. The van der Waals surface area contributed by atoms with Gasteiger partial charge in [0.2, 0.25) is 5.91 Å². The van der Waals surface area contributed by atoms with E-state index < -0.39 is 0 Å². The molecule has 114 valence electrons. The summed E-state index contributed by atoms with van der Waals surface area (Å²) < 4.78 is 5.64. The number of carbonyl (C=O) groups excluding carboxylic acids is 2. The van der Waals surface area contributed by atoms with Gasteiger partial charge in [-0.15, -0.1) is 11.6 Å². The Bertz CT molecular complexity index is 530. The number of ether oxygens (including phenoxy) is 1. The summed E-state index contributed by atoms with van der Waals surface area (Å²) in [6.45, 7) is 3.96. The van der Waals surface area contributed by atoms with E-state index in [9.17, 15) is 9.59 Å². The van der Waals surface area contributed by atoms with Gasteiger partial charge < -0.3 is 9.64 Å². The summed E-state index contributed by atoms with van der Waals surface area (Å²) in [5.41, 5.74) is 3.38. The molecule has 0 N–H and O–H groups in total. The number of benzene rings is 1. The predicted octanol–water partition coefficient (Wildman–Crippen LogP) is 2.44. The Labute approximate surface area is 130 Å². The van der Waals surface area contributed by atoms with Gasteiger partial charge in [0.25, 0.3) is 0 Å². The zero-order chi connectivity index (χ0) is 15.2. The molecule has 0 spiro atoms. The maximum absolute atomic E-state index is 11.4. The first-order chi connectivity index (χ1) is 10.1. The third kappa shape index (κ3) is 4.55. The number of aryl methyl sites for hydroxylation is 1. The van der Waals surface area contributed by atoms with Crippen molar-refractivity contribution in [2.75, 3.05) is 19.7 Å². The van der Waals surface area contributed by atoms with Crippen molar-refractivity contribution >= 4 is 23.3 Å². The number of halogens is 1. The summed E-state index contributed by atoms with van der Waals surface area (Å²) >= 11 is 5.93. The van der Waals surface area contributed by atoms with Gasteiger partial charge in [-0.2, -0.15) is 0 Å². The summed E-state index contributed by atoms with van der Waals surface area (Å²) in [6.07, 6.45) is 0.796. The number of rotatable bonds is 7. The zero-order valence-corrected chi connectivity index (χ0v) is 13.0. The van der Waals surface area contributed by atoms with Crippen LogP contribution in [0.1, 0.15) is 29.5 Å². The average molecular weight is 310 g/mol. The van der Waals surface area contributed by atoms with Crippen LogP contribution in [0.5, 0.6) is 0 Å². The highest BCUT2D eigenvalue weighted by Gasteiger charge is 2.26. The van der Waals surface area contributed by atoms with Crippen molar-refractivity contribution in [2.45, 2.75) is 32.3 Å². The fraction of sp³-hybridized carbons (Fsp3) is 0.500. The molecule has 0 atom stereocenters. The van der Waals surface area contributed by atoms with Crippen molar-refractivity contribution in [3.8, 4) is 0 Å². The Morgan fingerprint density at radius 1 is 1.29 bits per heavy atom. The number of hydrogen-bond acceptors (Lipinski definition) is 3. The van der Waals surface area contributed by atoms with E-state index in [0.717, 1.165) is 17.5 Å². The molecule has 21 heavy (non-hydrogen) atoms. The monoisotopic (exact) mass is 309 g/mol. The summed E-state index contributed by atoms with van der Waals surface area (Å²) in [7, 11) is 0. The molecule has 4 nitrogen and oxygen atoms in total. The highest BCUT2D eigenvalue weighted by atomic mass is 35.5. The lowest BCUT2D eigenvalue weighted by Crippen LogP contribution is -2.27. The number of hydrogen-bond donors (Lipinski definition) is 0. The van der Waals surface area contributed by atoms with Gasteiger partial charge in [0.1, 0.15) is 0 Å². The topological polar surface area (TPSA) is 46.6 Å². The molecule has 1 aliphatic heterocycles. The molecule has 0 radical (unpaired) electrons. The third-order valence-corrected chi connectivity index (χ3v) is 3.84. The Morgan fingerprint density at radius 2 is 2.10 bits per heavy atom. The number of Topliss-reactive ketones (excluding diaryl/α,β-unsaturated/α-hetero) is 1. The van der Waals surface area contributed by atoms with Crippen molar-refractivity contribution in [3.05, 3.63) is 34.9 Å². The minimum absolute atomic E-state index is 0.00679. The number of likely N-dealkylation sites (tertiary alicyclic amines) is 1. The van der Waals surface area contributed by atoms with Crippen LogP contribution >= 0.6 is 11.6 Å². The first kappa shape index (κ1) is 16.0. The van der Waals surface area contributed by atoms with E-state index in [4.69, 9.17) is 16.3 Å². The standard InChI is InChI=1S/C16H20ClNO3/c1-12-3-4-13(14(7-12)9-17)11-21-6-2-5-18-10-15(19)8-16(18)20/h3-4,7H,2,5-6,8-11H2,1H3. The minimum atomic E-state index is -0.0667. The van der Waals surface area contributed by atoms with E-state index in [-0.39, 0.29) is 24.7 Å². The fourth-order valence-corrected chi connectivity index (χ4v) is 2.65. The Balaban J connectivity index is 1.70. The quantitative estimate of drug-likeness (QED) is 0.441. The molecule has 1 fully saturated rings. The van der Waals surface area contributed by atoms with Crippen molar-refractivity contribution < 1.29 is 14.3 Å². The molecule has 0 aromatic heterocycles. The normalized spacial score (nSPS) is 15.0. The molecular formula is C16H20ClNO3. The Morgan fingerprint density at radius 3 is 2.76 bits per heavy atom. The van der Waals surface area contributed by atoms with Crippen LogP contribution in [0.3, 0.4) is 0 Å². The van der Waals surface area contributed by atoms with Gasteiger partial charge in [0, 0.05) is 19.0 Å². The molecule has 5 heteroatoms. The minimum Gasteiger partial charge on any atom is -0.377 e. The van der Waals surface area contributed by atoms with E-state index in [1.807, 2.05) is 19.1 Å². The molecule has 0 unspecified atom stereocenters. The fourth-order valence-electron chi connectivity index (χ4n) is 2.40. The number of carbonyl (C=O) groups is 2. The molecule has 1 saturated heterocycles. The second-order valence-electron chi connectivity index (χ2n) is 5.34. The van der Waals surface area contributed by atoms with Gasteiger partial charge in [-0.1, -0.05) is 23.8 Å². The molecule has 1 aromatic rings. The molecule has 1 amide bonds. The lowest BCUT2D eigenvalue weighted by Gasteiger charge is -2.14. The molecule has 0 saturated carbocycles. The van der Waals surface area contributed by atoms with Gasteiger partial charge in [0.15, 0.2) is 5.78 Å². The second kappa shape index (κ2) is 7.57. The van der Waals surface area contributed by atoms with E-state index in [1.165, 1.54) is 5.56 Å². The second-order valence-corrected chi connectivity index (χ2v) is 5.61. The summed E-state index contributed by atoms with van der Waals surface area (Å²) in [5, 5.41) is 0. The summed E-state index contributed by atoms with van der Waals surface area (Å²) in [4.78, 5) is 24.2. The van der Waals surface area contributed by atoms with Crippen LogP contribution in [0.2, 0.25) is 0 Å². The number of ketones is 1. The van der Waals surface area contributed by atoms with Gasteiger partial charge in [-0.3, -0.25) is 9.59 Å². The maximum Gasteiger partial charge on any atom is 0.230 e. The van der Waals surface area contributed by atoms with Gasteiger partial charge in [-0.25, -0.2) is 0 Å². The molecule has 1 heterocycles.